The quantitative estimate of drug-likeness (QED) is 0.913. The molecule has 1 aliphatic rings. The molecular weight excluding hydrogens is 328 g/mol. The smallest absolute Gasteiger partial charge is 0.222 e. The predicted octanol–water partition coefficient (Wildman–Crippen LogP) is 3.06. The molecule has 1 amide bonds. The van der Waals surface area contributed by atoms with Crippen molar-refractivity contribution in [1.29, 1.82) is 0 Å². The monoisotopic (exact) mass is 344 g/mol. The van der Waals surface area contributed by atoms with E-state index in [2.05, 4.69) is 32.2 Å². The molecule has 2 rings (SSSR count). The van der Waals surface area contributed by atoms with Crippen LogP contribution in [0.15, 0.2) is 22.7 Å². The summed E-state index contributed by atoms with van der Waals surface area (Å²) in [6.45, 7) is 2.75. The molecular formula is C14H18BrClN2O. The highest BCUT2D eigenvalue weighted by molar-refractivity contribution is 9.10. The van der Waals surface area contributed by atoms with E-state index >= 15 is 0 Å². The van der Waals surface area contributed by atoms with E-state index < -0.39 is 0 Å². The van der Waals surface area contributed by atoms with Crippen LogP contribution in [-0.4, -0.2) is 30.9 Å². The first-order chi connectivity index (χ1) is 9.10. The minimum Gasteiger partial charge on any atom is -0.359 e. The molecule has 3 nitrogen and oxygen atoms in total. The Hall–Kier alpha value is -0.580. The third-order valence-corrected chi connectivity index (χ3v) is 4.46. The molecule has 1 aromatic rings. The lowest BCUT2D eigenvalue weighted by Gasteiger charge is -2.31. The summed E-state index contributed by atoms with van der Waals surface area (Å²) in [5, 5.41) is 3.53. The molecule has 0 spiro atoms. The number of piperidine rings is 1. The molecule has 0 atom stereocenters. The van der Waals surface area contributed by atoms with Crippen molar-refractivity contribution in [1.82, 2.24) is 10.2 Å². The minimum absolute atomic E-state index is 0.168. The highest BCUT2D eigenvalue weighted by Crippen LogP contribution is 2.25. The molecule has 104 valence electrons. The highest BCUT2D eigenvalue weighted by Gasteiger charge is 2.24. The van der Waals surface area contributed by atoms with Crippen LogP contribution in [0.25, 0.3) is 0 Å². The Bertz CT molecular complexity index is 459. The van der Waals surface area contributed by atoms with E-state index in [0.29, 0.717) is 0 Å². The van der Waals surface area contributed by atoms with Crippen LogP contribution in [0.3, 0.4) is 0 Å². The third-order valence-electron chi connectivity index (χ3n) is 3.61. The average Bonchev–Trinajstić information content (AvgIpc) is 2.42. The van der Waals surface area contributed by atoms with Crippen molar-refractivity contribution in [2.24, 2.45) is 5.92 Å². The van der Waals surface area contributed by atoms with E-state index in [0.717, 1.165) is 47.5 Å². The molecule has 1 aliphatic heterocycles. The van der Waals surface area contributed by atoms with Crippen molar-refractivity contribution < 1.29 is 4.79 Å². The van der Waals surface area contributed by atoms with E-state index in [1.807, 2.05) is 12.1 Å². The molecule has 0 aliphatic carbocycles. The van der Waals surface area contributed by atoms with Crippen molar-refractivity contribution in [3.63, 3.8) is 0 Å². The van der Waals surface area contributed by atoms with Gasteiger partial charge in [0, 0.05) is 29.0 Å². The number of likely N-dealkylation sites (tertiary alicyclic amines) is 1. The first kappa shape index (κ1) is 14.8. The van der Waals surface area contributed by atoms with Crippen LogP contribution in [0.2, 0.25) is 5.02 Å². The molecule has 1 saturated heterocycles. The Balaban J connectivity index is 1.90. The fourth-order valence-electron chi connectivity index (χ4n) is 2.45. The van der Waals surface area contributed by atoms with Gasteiger partial charge in [0.25, 0.3) is 0 Å². The van der Waals surface area contributed by atoms with Gasteiger partial charge in [-0.25, -0.2) is 0 Å². The topological polar surface area (TPSA) is 32.3 Å². The number of carbonyl (C=O) groups excluding carboxylic acids is 1. The maximum absolute atomic E-state index is 11.6. The summed E-state index contributed by atoms with van der Waals surface area (Å²) >= 11 is 9.64. The molecule has 19 heavy (non-hydrogen) atoms. The van der Waals surface area contributed by atoms with Crippen LogP contribution in [0, 0.1) is 5.92 Å². The lowest BCUT2D eigenvalue weighted by atomic mass is 9.95. The minimum atomic E-state index is 0.168. The summed E-state index contributed by atoms with van der Waals surface area (Å²) in [4.78, 5) is 13.9. The number of nitrogens with one attached hydrogen (secondary N) is 1. The number of hydrogen-bond donors (Lipinski definition) is 1. The molecule has 0 radical (unpaired) electrons. The maximum atomic E-state index is 11.6. The number of rotatable bonds is 3. The zero-order valence-electron chi connectivity index (χ0n) is 11.0. The zero-order chi connectivity index (χ0) is 13.8. The fourth-order valence-corrected chi connectivity index (χ4v) is 3.18. The zero-order valence-corrected chi connectivity index (χ0v) is 13.3. The van der Waals surface area contributed by atoms with E-state index in [4.69, 9.17) is 11.6 Å². The van der Waals surface area contributed by atoms with Gasteiger partial charge in [0.2, 0.25) is 5.91 Å². The second kappa shape index (κ2) is 6.73. The van der Waals surface area contributed by atoms with E-state index in [1.165, 1.54) is 0 Å². The van der Waals surface area contributed by atoms with E-state index in [-0.39, 0.29) is 11.8 Å². The van der Waals surface area contributed by atoms with Crippen molar-refractivity contribution >= 4 is 33.4 Å². The van der Waals surface area contributed by atoms with Gasteiger partial charge >= 0.3 is 0 Å². The Morgan fingerprint density at radius 2 is 2.16 bits per heavy atom. The first-order valence-corrected chi connectivity index (χ1v) is 7.65. The number of halogens is 2. The van der Waals surface area contributed by atoms with Crippen molar-refractivity contribution in [3.8, 4) is 0 Å². The molecule has 1 fully saturated rings. The summed E-state index contributed by atoms with van der Waals surface area (Å²) in [6.07, 6.45) is 1.85. The van der Waals surface area contributed by atoms with Gasteiger partial charge in [-0.05, 0) is 43.6 Å². The van der Waals surface area contributed by atoms with Gasteiger partial charge in [0.1, 0.15) is 0 Å². The molecule has 1 heterocycles. The van der Waals surface area contributed by atoms with Gasteiger partial charge in [-0.3, -0.25) is 9.69 Å². The van der Waals surface area contributed by atoms with Gasteiger partial charge in [0.15, 0.2) is 0 Å². The van der Waals surface area contributed by atoms with E-state index in [1.54, 1.807) is 7.05 Å². The third kappa shape index (κ3) is 3.94. The largest absolute Gasteiger partial charge is 0.359 e. The summed E-state index contributed by atoms with van der Waals surface area (Å²) in [5.74, 6) is 0.336. The highest BCUT2D eigenvalue weighted by atomic mass is 79.9. The SMILES string of the molecule is CNC(=O)C1CCN(Cc2ccc(Br)cc2Cl)CC1. The summed E-state index contributed by atoms with van der Waals surface area (Å²) in [5.41, 5.74) is 1.14. The normalized spacial score (nSPS) is 17.4. The van der Waals surface area contributed by atoms with Crippen LogP contribution >= 0.6 is 27.5 Å². The fraction of sp³-hybridized carbons (Fsp3) is 0.500. The number of carbonyl (C=O) groups is 1. The lowest BCUT2D eigenvalue weighted by Crippen LogP contribution is -2.39. The molecule has 1 aromatic carbocycles. The van der Waals surface area contributed by atoms with Gasteiger partial charge < -0.3 is 5.32 Å². The molecule has 0 bridgehead atoms. The Morgan fingerprint density at radius 3 is 2.74 bits per heavy atom. The van der Waals surface area contributed by atoms with E-state index in [9.17, 15) is 4.79 Å². The number of nitrogens with zero attached hydrogens (tertiary/aromatic N) is 1. The Labute approximate surface area is 127 Å². The van der Waals surface area contributed by atoms with Gasteiger partial charge in [-0.15, -0.1) is 0 Å². The van der Waals surface area contributed by atoms with Crippen LogP contribution in [0.5, 0.6) is 0 Å². The molecule has 0 aromatic heterocycles. The van der Waals surface area contributed by atoms with Gasteiger partial charge in [-0.1, -0.05) is 33.6 Å². The van der Waals surface area contributed by atoms with Crippen LogP contribution < -0.4 is 5.32 Å². The van der Waals surface area contributed by atoms with Crippen LogP contribution in [0.1, 0.15) is 18.4 Å². The lowest BCUT2D eigenvalue weighted by molar-refractivity contribution is -0.125. The predicted molar refractivity (Wildman–Crippen MR) is 81.2 cm³/mol. The Kier molecular flexibility index (Phi) is 5.25. The summed E-state index contributed by atoms with van der Waals surface area (Å²) < 4.78 is 1.000. The number of amides is 1. The van der Waals surface area contributed by atoms with Crippen molar-refractivity contribution in [2.45, 2.75) is 19.4 Å². The Morgan fingerprint density at radius 1 is 1.47 bits per heavy atom. The molecule has 5 heteroatoms. The molecule has 0 saturated carbocycles. The number of hydrogen-bond acceptors (Lipinski definition) is 2. The molecule has 0 unspecified atom stereocenters. The first-order valence-electron chi connectivity index (χ1n) is 6.48. The number of benzene rings is 1. The maximum Gasteiger partial charge on any atom is 0.222 e. The second-order valence-corrected chi connectivity index (χ2v) is 6.22. The average molecular weight is 346 g/mol. The van der Waals surface area contributed by atoms with Gasteiger partial charge in [0.05, 0.1) is 0 Å². The molecule has 1 N–H and O–H groups in total. The van der Waals surface area contributed by atoms with Crippen LogP contribution in [0.4, 0.5) is 0 Å². The standard InChI is InChI=1S/C14H18BrClN2O/c1-17-14(19)10-4-6-18(7-5-10)9-11-2-3-12(15)8-13(11)16/h2-3,8,10H,4-7,9H2,1H3,(H,17,19). The summed E-state index contributed by atoms with van der Waals surface area (Å²) in [7, 11) is 1.70. The van der Waals surface area contributed by atoms with Crippen molar-refractivity contribution in [3.05, 3.63) is 33.3 Å². The van der Waals surface area contributed by atoms with Crippen molar-refractivity contribution in [2.75, 3.05) is 20.1 Å². The van der Waals surface area contributed by atoms with Crippen LogP contribution in [-0.2, 0) is 11.3 Å². The van der Waals surface area contributed by atoms with Gasteiger partial charge in [-0.2, -0.15) is 0 Å². The second-order valence-electron chi connectivity index (χ2n) is 4.90. The summed E-state index contributed by atoms with van der Waals surface area (Å²) in [6, 6.07) is 5.99.